The van der Waals surface area contributed by atoms with E-state index in [2.05, 4.69) is 0 Å². The van der Waals surface area contributed by atoms with Crippen LogP contribution in [0.3, 0.4) is 0 Å². The van der Waals surface area contributed by atoms with Gasteiger partial charge >= 0.3 is 0 Å². The van der Waals surface area contributed by atoms with Crippen LogP contribution in [0, 0.1) is 11.6 Å². The zero-order valence-corrected chi connectivity index (χ0v) is 14.2. The van der Waals surface area contributed by atoms with Gasteiger partial charge in [-0.05, 0) is 55.3 Å². The molecule has 0 radical (unpaired) electrons. The second kappa shape index (κ2) is 6.43. The summed E-state index contributed by atoms with van der Waals surface area (Å²) in [6.07, 6.45) is 0.108. The summed E-state index contributed by atoms with van der Waals surface area (Å²) >= 11 is 5.82. The summed E-state index contributed by atoms with van der Waals surface area (Å²) in [5, 5.41) is 0.395. The predicted molar refractivity (Wildman–Crippen MR) is 86.7 cm³/mol. The maximum absolute atomic E-state index is 14.4. The van der Waals surface area contributed by atoms with Crippen molar-refractivity contribution in [3.05, 3.63) is 64.7 Å². The lowest BCUT2D eigenvalue weighted by Gasteiger charge is -2.37. The summed E-state index contributed by atoms with van der Waals surface area (Å²) in [4.78, 5) is 0.0254. The molecule has 128 valence electrons. The van der Waals surface area contributed by atoms with Crippen LogP contribution in [-0.4, -0.2) is 21.6 Å². The fraction of sp³-hybridized carbons (Fsp3) is 0.294. The molecular formula is C17H15ClF2O3S. The van der Waals surface area contributed by atoms with E-state index in [1.54, 1.807) is 0 Å². The average molecular weight is 373 g/mol. The fourth-order valence-corrected chi connectivity index (χ4v) is 5.29. The van der Waals surface area contributed by atoms with Crippen molar-refractivity contribution in [2.24, 2.45) is 0 Å². The summed E-state index contributed by atoms with van der Waals surface area (Å²) in [7, 11) is -3.98. The van der Waals surface area contributed by atoms with Crippen LogP contribution in [0.1, 0.15) is 18.4 Å². The van der Waals surface area contributed by atoms with Crippen molar-refractivity contribution >= 4 is 21.4 Å². The van der Waals surface area contributed by atoms with E-state index in [0.717, 1.165) is 18.2 Å². The first-order valence-electron chi connectivity index (χ1n) is 7.40. The molecule has 0 N–H and O–H groups in total. The molecule has 1 aliphatic heterocycles. The highest BCUT2D eigenvalue weighted by Gasteiger charge is 2.49. The third-order valence-corrected chi connectivity index (χ3v) is 7.16. The minimum atomic E-state index is -3.98. The van der Waals surface area contributed by atoms with Gasteiger partial charge in [0, 0.05) is 23.8 Å². The number of hydrogen-bond acceptors (Lipinski definition) is 3. The molecule has 1 aliphatic rings. The van der Waals surface area contributed by atoms with Crippen LogP contribution in [0.4, 0.5) is 8.78 Å². The van der Waals surface area contributed by atoms with E-state index in [1.807, 2.05) is 0 Å². The Morgan fingerprint density at radius 1 is 1.00 bits per heavy atom. The molecule has 24 heavy (non-hydrogen) atoms. The number of hydrogen-bond donors (Lipinski definition) is 0. The monoisotopic (exact) mass is 372 g/mol. The van der Waals surface area contributed by atoms with Gasteiger partial charge in [-0.3, -0.25) is 0 Å². The molecule has 7 heteroatoms. The molecule has 0 unspecified atom stereocenters. The molecule has 0 bridgehead atoms. The Bertz CT molecular complexity index is 845. The van der Waals surface area contributed by atoms with Crippen LogP contribution < -0.4 is 0 Å². The van der Waals surface area contributed by atoms with E-state index in [1.165, 1.54) is 24.3 Å². The van der Waals surface area contributed by atoms with Crippen LogP contribution in [0.2, 0.25) is 5.02 Å². The van der Waals surface area contributed by atoms with Gasteiger partial charge in [-0.25, -0.2) is 17.2 Å². The van der Waals surface area contributed by atoms with Gasteiger partial charge in [0.1, 0.15) is 16.4 Å². The first-order chi connectivity index (χ1) is 11.4. The molecule has 1 fully saturated rings. The Morgan fingerprint density at radius 2 is 1.62 bits per heavy atom. The molecule has 1 saturated heterocycles. The molecule has 0 amide bonds. The minimum absolute atomic E-state index is 0.0254. The lowest BCUT2D eigenvalue weighted by atomic mass is 9.90. The summed E-state index contributed by atoms with van der Waals surface area (Å²) in [5.41, 5.74) is -0.152. The van der Waals surface area contributed by atoms with E-state index in [0.29, 0.717) is 5.02 Å². The largest absolute Gasteiger partial charge is 0.381 e. The Balaban J connectivity index is 2.22. The highest BCUT2D eigenvalue weighted by Crippen LogP contribution is 2.44. The molecule has 1 heterocycles. The highest BCUT2D eigenvalue weighted by molar-refractivity contribution is 7.92. The van der Waals surface area contributed by atoms with Gasteiger partial charge in [0.25, 0.3) is 0 Å². The standard InChI is InChI=1S/C17H15ClF2O3S/c18-12-1-4-14(5-2-12)24(21,22)17(7-9-23-10-8-17)15-11-13(19)3-6-16(15)20/h1-6,11H,7-10H2. The van der Waals surface area contributed by atoms with Gasteiger partial charge < -0.3 is 4.74 Å². The third kappa shape index (κ3) is 2.83. The quantitative estimate of drug-likeness (QED) is 0.814. The Hall–Kier alpha value is -1.50. The summed E-state index contributed by atoms with van der Waals surface area (Å²) in [6, 6.07) is 8.58. The van der Waals surface area contributed by atoms with E-state index in [-0.39, 0.29) is 36.5 Å². The molecule has 0 spiro atoms. The second-order valence-corrected chi connectivity index (χ2v) is 8.38. The number of sulfone groups is 1. The Morgan fingerprint density at radius 3 is 2.25 bits per heavy atom. The second-order valence-electron chi connectivity index (χ2n) is 5.69. The van der Waals surface area contributed by atoms with Crippen LogP contribution in [-0.2, 0) is 19.3 Å². The molecule has 3 nitrogen and oxygen atoms in total. The lowest BCUT2D eigenvalue weighted by molar-refractivity contribution is 0.0730. The predicted octanol–water partition coefficient (Wildman–Crippen LogP) is 4.10. The molecule has 3 rings (SSSR count). The van der Waals surface area contributed by atoms with Crippen LogP contribution in [0.5, 0.6) is 0 Å². The van der Waals surface area contributed by atoms with E-state index in [4.69, 9.17) is 16.3 Å². The summed E-state index contributed by atoms with van der Waals surface area (Å²) in [6.45, 7) is 0.311. The van der Waals surface area contributed by atoms with Crippen molar-refractivity contribution in [1.29, 1.82) is 0 Å². The van der Waals surface area contributed by atoms with Crippen molar-refractivity contribution in [2.45, 2.75) is 22.5 Å². The number of halogens is 3. The van der Waals surface area contributed by atoms with Crippen molar-refractivity contribution in [2.75, 3.05) is 13.2 Å². The van der Waals surface area contributed by atoms with Gasteiger partial charge in [0.15, 0.2) is 9.84 Å². The highest BCUT2D eigenvalue weighted by atomic mass is 35.5. The minimum Gasteiger partial charge on any atom is -0.381 e. The van der Waals surface area contributed by atoms with Gasteiger partial charge in [-0.1, -0.05) is 11.6 Å². The van der Waals surface area contributed by atoms with Gasteiger partial charge in [0.2, 0.25) is 0 Å². The van der Waals surface area contributed by atoms with Crippen LogP contribution in [0.25, 0.3) is 0 Å². The van der Waals surface area contributed by atoms with E-state index >= 15 is 0 Å². The molecule has 0 atom stereocenters. The Kier molecular flexibility index (Phi) is 4.64. The van der Waals surface area contributed by atoms with Crippen molar-refractivity contribution in [3.63, 3.8) is 0 Å². The first kappa shape index (κ1) is 17.3. The molecular weight excluding hydrogens is 358 g/mol. The topological polar surface area (TPSA) is 43.4 Å². The van der Waals surface area contributed by atoms with Gasteiger partial charge in [0.05, 0.1) is 4.90 Å². The van der Waals surface area contributed by atoms with E-state index < -0.39 is 26.2 Å². The molecule has 2 aromatic rings. The smallest absolute Gasteiger partial charge is 0.188 e. The zero-order chi connectivity index (χ0) is 17.4. The van der Waals surface area contributed by atoms with Gasteiger partial charge in [-0.15, -0.1) is 0 Å². The third-order valence-electron chi connectivity index (χ3n) is 4.36. The van der Waals surface area contributed by atoms with Crippen molar-refractivity contribution in [1.82, 2.24) is 0 Å². The van der Waals surface area contributed by atoms with Crippen molar-refractivity contribution in [3.8, 4) is 0 Å². The maximum Gasteiger partial charge on any atom is 0.188 e. The lowest BCUT2D eigenvalue weighted by Crippen LogP contribution is -2.42. The fourth-order valence-electron chi connectivity index (χ4n) is 3.07. The molecule has 0 aliphatic carbocycles. The normalized spacial score (nSPS) is 17.6. The van der Waals surface area contributed by atoms with Crippen LogP contribution >= 0.6 is 11.6 Å². The first-order valence-corrected chi connectivity index (χ1v) is 9.26. The molecule has 0 aromatic heterocycles. The van der Waals surface area contributed by atoms with E-state index in [9.17, 15) is 17.2 Å². The van der Waals surface area contributed by atoms with Crippen molar-refractivity contribution < 1.29 is 21.9 Å². The molecule has 2 aromatic carbocycles. The number of rotatable bonds is 3. The summed E-state index contributed by atoms with van der Waals surface area (Å²) in [5.74, 6) is -1.42. The number of ether oxygens (including phenoxy) is 1. The summed E-state index contributed by atoms with van der Waals surface area (Å²) < 4.78 is 58.4. The SMILES string of the molecule is O=S(=O)(c1ccc(Cl)cc1)C1(c2cc(F)ccc2F)CCOCC1. The zero-order valence-electron chi connectivity index (χ0n) is 12.6. The maximum atomic E-state index is 14.4. The van der Waals surface area contributed by atoms with Crippen LogP contribution in [0.15, 0.2) is 47.4 Å². The number of benzene rings is 2. The molecule has 0 saturated carbocycles. The van der Waals surface area contributed by atoms with Gasteiger partial charge in [-0.2, -0.15) is 0 Å². The Labute approximate surface area is 144 Å². The average Bonchev–Trinajstić information content (AvgIpc) is 2.58.